The van der Waals surface area contributed by atoms with Gasteiger partial charge >= 0.3 is 5.97 Å². The molecule has 3 atom stereocenters. The minimum atomic E-state index is -0.394. The number of nitrogens with zero attached hydrogens (tertiary/aromatic N) is 1. The topological polar surface area (TPSA) is 66.5 Å². The van der Waals surface area contributed by atoms with Crippen LogP contribution in [0.1, 0.15) is 48.5 Å². The van der Waals surface area contributed by atoms with Gasteiger partial charge in [0, 0.05) is 30.8 Å². The average molecular weight is 562 g/mol. The van der Waals surface area contributed by atoms with E-state index in [4.69, 9.17) is 23.7 Å². The maximum Gasteiger partial charge on any atom is 0.309 e. The van der Waals surface area contributed by atoms with E-state index in [1.807, 2.05) is 55.5 Å². The normalized spacial score (nSPS) is 21.7. The van der Waals surface area contributed by atoms with Gasteiger partial charge < -0.3 is 23.7 Å². The number of carbonyl (C=O) groups excluding carboxylic acids is 1. The number of ether oxygens (including phenoxy) is 5. The largest absolute Gasteiger partial charge is 0.492 e. The van der Waals surface area contributed by atoms with Gasteiger partial charge in [0.25, 0.3) is 0 Å². The number of esters is 1. The second kappa shape index (κ2) is 12.5. The lowest BCUT2D eigenvalue weighted by Crippen LogP contribution is -2.38. The Bertz CT molecular complexity index is 1340. The standard InChI is InChI=1S/C33H36FNO6/c1-2-38-33(36)28-21-27(28)22-3-5-24(6-4-22)41-31-13-11-26-30(14-12-29(34)32(26)31)40-25-9-7-23(8-10-25)39-20-17-35-15-18-37-19-16-35/h3-10,12,14,27-28,31H,2,11,13,15-21H2,1H3/t27-,28+,31?/m1/s1. The Labute approximate surface area is 240 Å². The molecule has 2 aliphatic carbocycles. The van der Waals surface area contributed by atoms with E-state index < -0.39 is 6.10 Å². The SMILES string of the molecule is CCOC(=O)[C@H]1C[C@@H]1c1ccc(OC2CCc3c(Oc4ccc(OCCN5CCOCC5)cc4)ccc(F)c32)cc1. The molecule has 3 aliphatic rings. The monoisotopic (exact) mass is 561 g/mol. The number of hydrogen-bond acceptors (Lipinski definition) is 7. The van der Waals surface area contributed by atoms with Crippen LogP contribution in [0.4, 0.5) is 4.39 Å². The van der Waals surface area contributed by atoms with Gasteiger partial charge in [-0.2, -0.15) is 0 Å². The first-order chi connectivity index (χ1) is 20.1. The van der Waals surface area contributed by atoms with Crippen molar-refractivity contribution in [1.82, 2.24) is 4.90 Å². The molecule has 0 spiro atoms. The molecule has 0 bridgehead atoms. The van der Waals surface area contributed by atoms with Gasteiger partial charge in [0.05, 0.1) is 25.7 Å². The molecule has 0 aromatic heterocycles. The van der Waals surface area contributed by atoms with Gasteiger partial charge in [-0.3, -0.25) is 9.69 Å². The lowest BCUT2D eigenvalue weighted by atomic mass is 10.1. The number of halogens is 1. The molecule has 1 heterocycles. The predicted molar refractivity (Wildman–Crippen MR) is 151 cm³/mol. The molecule has 1 unspecified atom stereocenters. The fraction of sp³-hybridized carbons (Fsp3) is 0.424. The molecular formula is C33H36FNO6. The van der Waals surface area contributed by atoms with Crippen LogP contribution in [0, 0.1) is 11.7 Å². The molecule has 7 nitrogen and oxygen atoms in total. The lowest BCUT2D eigenvalue weighted by Gasteiger charge is -2.26. The number of rotatable bonds is 11. The third-order valence-electron chi connectivity index (χ3n) is 8.04. The zero-order chi connectivity index (χ0) is 28.2. The molecule has 216 valence electrons. The van der Waals surface area contributed by atoms with Crippen molar-refractivity contribution in [3.63, 3.8) is 0 Å². The summed E-state index contributed by atoms with van der Waals surface area (Å²) in [4.78, 5) is 14.3. The van der Waals surface area contributed by atoms with Crippen molar-refractivity contribution >= 4 is 5.97 Å². The summed E-state index contributed by atoms with van der Waals surface area (Å²) in [6.45, 7) is 7.14. The highest BCUT2D eigenvalue weighted by atomic mass is 19.1. The Balaban J connectivity index is 1.05. The zero-order valence-corrected chi connectivity index (χ0v) is 23.4. The summed E-state index contributed by atoms with van der Waals surface area (Å²) in [6.07, 6.45) is 1.75. The van der Waals surface area contributed by atoms with Crippen molar-refractivity contribution in [3.05, 3.63) is 83.2 Å². The highest BCUT2D eigenvalue weighted by molar-refractivity contribution is 5.77. The molecule has 6 rings (SSSR count). The molecule has 0 amide bonds. The molecule has 0 N–H and O–H groups in total. The van der Waals surface area contributed by atoms with Crippen LogP contribution in [0.5, 0.6) is 23.0 Å². The number of carbonyl (C=O) groups is 1. The molecule has 1 saturated carbocycles. The van der Waals surface area contributed by atoms with E-state index in [9.17, 15) is 4.79 Å². The Morgan fingerprint density at radius 3 is 2.46 bits per heavy atom. The molecule has 1 aliphatic heterocycles. The molecule has 2 fully saturated rings. The van der Waals surface area contributed by atoms with Crippen LogP contribution in [-0.2, 0) is 20.7 Å². The first-order valence-corrected chi connectivity index (χ1v) is 14.5. The Morgan fingerprint density at radius 1 is 0.976 bits per heavy atom. The molecule has 0 radical (unpaired) electrons. The Kier molecular flexibility index (Phi) is 8.39. The second-order valence-electron chi connectivity index (χ2n) is 10.7. The van der Waals surface area contributed by atoms with Crippen LogP contribution in [0.2, 0.25) is 0 Å². The molecule has 1 saturated heterocycles. The highest BCUT2D eigenvalue weighted by Gasteiger charge is 2.45. The van der Waals surface area contributed by atoms with E-state index >= 15 is 4.39 Å². The third kappa shape index (κ3) is 6.49. The first kappa shape index (κ1) is 27.5. The molecular weight excluding hydrogens is 525 g/mol. The van der Waals surface area contributed by atoms with Gasteiger partial charge in [0.1, 0.15) is 41.5 Å². The van der Waals surface area contributed by atoms with E-state index in [2.05, 4.69) is 4.90 Å². The van der Waals surface area contributed by atoms with Crippen molar-refractivity contribution in [3.8, 4) is 23.0 Å². The zero-order valence-electron chi connectivity index (χ0n) is 23.4. The Hall–Kier alpha value is -3.62. The lowest BCUT2D eigenvalue weighted by molar-refractivity contribution is -0.144. The maximum absolute atomic E-state index is 15.0. The van der Waals surface area contributed by atoms with Crippen molar-refractivity contribution in [2.24, 2.45) is 5.92 Å². The summed E-state index contributed by atoms with van der Waals surface area (Å²) in [5.74, 6) is 2.50. The number of fused-ring (bicyclic) bond motifs is 1. The summed E-state index contributed by atoms with van der Waals surface area (Å²) in [5.41, 5.74) is 2.49. The highest BCUT2D eigenvalue weighted by Crippen LogP contribution is 2.49. The average Bonchev–Trinajstić information content (AvgIpc) is 3.69. The minimum Gasteiger partial charge on any atom is -0.492 e. The quantitative estimate of drug-likeness (QED) is 0.264. The third-order valence-corrected chi connectivity index (χ3v) is 8.04. The van der Waals surface area contributed by atoms with Crippen molar-refractivity contribution in [2.45, 2.75) is 38.2 Å². The summed E-state index contributed by atoms with van der Waals surface area (Å²) < 4.78 is 43.9. The van der Waals surface area contributed by atoms with Crippen LogP contribution in [-0.4, -0.2) is 56.9 Å². The van der Waals surface area contributed by atoms with E-state index in [1.54, 1.807) is 6.07 Å². The van der Waals surface area contributed by atoms with Gasteiger partial charge in [-0.25, -0.2) is 4.39 Å². The van der Waals surface area contributed by atoms with Crippen molar-refractivity contribution < 1.29 is 32.9 Å². The van der Waals surface area contributed by atoms with Crippen LogP contribution < -0.4 is 14.2 Å². The molecule has 41 heavy (non-hydrogen) atoms. The second-order valence-corrected chi connectivity index (χ2v) is 10.7. The predicted octanol–water partition coefficient (Wildman–Crippen LogP) is 6.06. The van der Waals surface area contributed by atoms with E-state index in [1.165, 1.54) is 6.07 Å². The minimum absolute atomic E-state index is 0.0555. The smallest absolute Gasteiger partial charge is 0.309 e. The summed E-state index contributed by atoms with van der Waals surface area (Å²) in [7, 11) is 0. The summed E-state index contributed by atoms with van der Waals surface area (Å²) in [5, 5.41) is 0. The van der Waals surface area contributed by atoms with Crippen molar-refractivity contribution in [2.75, 3.05) is 46.1 Å². The van der Waals surface area contributed by atoms with Crippen LogP contribution in [0.3, 0.4) is 0 Å². The van der Waals surface area contributed by atoms with E-state index in [0.717, 1.165) is 56.1 Å². The van der Waals surface area contributed by atoms with E-state index in [0.29, 0.717) is 48.9 Å². The van der Waals surface area contributed by atoms with Gasteiger partial charge in [-0.1, -0.05) is 12.1 Å². The molecule has 3 aromatic carbocycles. The summed E-state index contributed by atoms with van der Waals surface area (Å²) in [6, 6.07) is 18.4. The van der Waals surface area contributed by atoms with Gasteiger partial charge in [-0.15, -0.1) is 0 Å². The maximum atomic E-state index is 15.0. The van der Waals surface area contributed by atoms with Gasteiger partial charge in [-0.05, 0) is 86.2 Å². The van der Waals surface area contributed by atoms with Crippen molar-refractivity contribution in [1.29, 1.82) is 0 Å². The summed E-state index contributed by atoms with van der Waals surface area (Å²) >= 11 is 0. The number of morpholine rings is 1. The number of benzene rings is 3. The first-order valence-electron chi connectivity index (χ1n) is 14.5. The fourth-order valence-corrected chi connectivity index (χ4v) is 5.73. The van der Waals surface area contributed by atoms with Crippen LogP contribution >= 0.6 is 0 Å². The number of hydrogen-bond donors (Lipinski definition) is 0. The molecule has 3 aromatic rings. The fourth-order valence-electron chi connectivity index (χ4n) is 5.73. The van der Waals surface area contributed by atoms with Crippen LogP contribution in [0.25, 0.3) is 0 Å². The van der Waals surface area contributed by atoms with E-state index in [-0.39, 0.29) is 23.6 Å². The Morgan fingerprint density at radius 2 is 1.71 bits per heavy atom. The van der Waals surface area contributed by atoms with Gasteiger partial charge in [0.15, 0.2) is 0 Å². The van der Waals surface area contributed by atoms with Crippen LogP contribution in [0.15, 0.2) is 60.7 Å². The van der Waals surface area contributed by atoms with Gasteiger partial charge in [0.2, 0.25) is 0 Å². The molecule has 8 heteroatoms.